The van der Waals surface area contributed by atoms with Gasteiger partial charge in [0, 0.05) is 25.6 Å². The van der Waals surface area contributed by atoms with Crippen LogP contribution in [0.1, 0.15) is 34.3 Å². The van der Waals surface area contributed by atoms with Crippen molar-refractivity contribution in [3.05, 3.63) is 71.0 Å². The highest BCUT2D eigenvalue weighted by Crippen LogP contribution is 2.53. The second kappa shape index (κ2) is 9.39. The van der Waals surface area contributed by atoms with Gasteiger partial charge < -0.3 is 15.5 Å². The molecule has 2 amide bonds. The summed E-state index contributed by atoms with van der Waals surface area (Å²) in [4.78, 5) is 26.4. The van der Waals surface area contributed by atoms with Crippen LogP contribution in [0.25, 0.3) is 0 Å². The standard InChI is InChI=1S/C24H30FN3O2/c1-15-21(17-8-6-5-7-9-17)22(15)24(30)27-14-18(28(3)4)12-16-10-11-19(20(25)13-16)23(29)26-2/h5-11,13,15,18,21-22H,12,14H2,1-4H3,(H,26,29)(H,27,30)/t15-,18+,21?,22-/m1/s1. The Morgan fingerprint density at radius 3 is 2.43 bits per heavy atom. The fourth-order valence-corrected chi connectivity index (χ4v) is 4.10. The van der Waals surface area contributed by atoms with Gasteiger partial charge in [0.15, 0.2) is 0 Å². The van der Waals surface area contributed by atoms with Gasteiger partial charge in [0.05, 0.1) is 5.56 Å². The van der Waals surface area contributed by atoms with Gasteiger partial charge in [-0.15, -0.1) is 0 Å². The molecule has 1 aliphatic carbocycles. The molecule has 0 aliphatic heterocycles. The summed E-state index contributed by atoms with van der Waals surface area (Å²) in [6, 6.07) is 14.8. The summed E-state index contributed by atoms with van der Waals surface area (Å²) >= 11 is 0. The SMILES string of the molecule is CNC(=O)c1ccc(C[C@@H](CNC(=O)[C@H]2C(c3ccccc3)[C@H]2C)N(C)C)cc1F. The predicted octanol–water partition coefficient (Wildman–Crippen LogP) is 2.82. The molecule has 0 saturated heterocycles. The van der Waals surface area contributed by atoms with Crippen molar-refractivity contribution in [2.24, 2.45) is 11.8 Å². The zero-order valence-electron chi connectivity index (χ0n) is 18.0. The first-order valence-corrected chi connectivity index (χ1v) is 10.3. The van der Waals surface area contributed by atoms with Crippen LogP contribution in [0.4, 0.5) is 4.39 Å². The lowest BCUT2D eigenvalue weighted by molar-refractivity contribution is -0.122. The Kier molecular flexibility index (Phi) is 6.87. The van der Waals surface area contributed by atoms with Crippen molar-refractivity contribution < 1.29 is 14.0 Å². The maximum atomic E-state index is 14.3. The molecule has 1 unspecified atom stereocenters. The van der Waals surface area contributed by atoms with Crippen molar-refractivity contribution in [1.82, 2.24) is 15.5 Å². The van der Waals surface area contributed by atoms with E-state index in [1.165, 1.54) is 24.7 Å². The molecule has 2 N–H and O–H groups in total. The van der Waals surface area contributed by atoms with Crippen LogP contribution in [0, 0.1) is 17.7 Å². The van der Waals surface area contributed by atoms with E-state index in [1.807, 2.05) is 37.2 Å². The van der Waals surface area contributed by atoms with Gasteiger partial charge in [0.2, 0.25) is 5.91 Å². The summed E-state index contributed by atoms with van der Waals surface area (Å²) in [5.74, 6) is -0.302. The number of amides is 2. The second-order valence-electron chi connectivity index (χ2n) is 8.28. The Morgan fingerprint density at radius 1 is 1.13 bits per heavy atom. The molecule has 0 bridgehead atoms. The van der Waals surface area contributed by atoms with E-state index < -0.39 is 11.7 Å². The molecular weight excluding hydrogens is 381 g/mol. The number of likely N-dealkylation sites (N-methyl/N-ethyl adjacent to an activating group) is 1. The molecule has 160 valence electrons. The minimum absolute atomic E-state index is 0.000466. The summed E-state index contributed by atoms with van der Waals surface area (Å²) in [5, 5.41) is 5.53. The van der Waals surface area contributed by atoms with Crippen LogP contribution in [0.15, 0.2) is 48.5 Å². The van der Waals surface area contributed by atoms with Crippen LogP contribution in [0.5, 0.6) is 0 Å². The van der Waals surface area contributed by atoms with E-state index in [1.54, 1.807) is 6.07 Å². The Balaban J connectivity index is 1.59. The van der Waals surface area contributed by atoms with Crippen molar-refractivity contribution in [2.75, 3.05) is 27.7 Å². The third-order valence-corrected chi connectivity index (χ3v) is 6.08. The molecule has 30 heavy (non-hydrogen) atoms. The summed E-state index contributed by atoms with van der Waals surface area (Å²) in [5.41, 5.74) is 2.03. The molecule has 0 heterocycles. The Hall–Kier alpha value is -2.73. The quantitative estimate of drug-likeness (QED) is 0.702. The number of hydrogen-bond donors (Lipinski definition) is 2. The van der Waals surface area contributed by atoms with Gasteiger partial charge in [-0.1, -0.05) is 43.3 Å². The number of halogens is 1. The zero-order chi connectivity index (χ0) is 21.8. The molecule has 0 aromatic heterocycles. The molecule has 3 rings (SSSR count). The van der Waals surface area contributed by atoms with E-state index in [-0.39, 0.29) is 29.3 Å². The first-order valence-electron chi connectivity index (χ1n) is 10.3. The highest BCUT2D eigenvalue weighted by Gasteiger charge is 2.52. The van der Waals surface area contributed by atoms with Gasteiger partial charge in [0.25, 0.3) is 5.91 Å². The molecule has 1 aliphatic rings. The van der Waals surface area contributed by atoms with Crippen molar-refractivity contribution in [1.29, 1.82) is 0 Å². The molecule has 2 aromatic carbocycles. The third kappa shape index (κ3) is 4.87. The van der Waals surface area contributed by atoms with Gasteiger partial charge in [-0.3, -0.25) is 9.59 Å². The number of nitrogens with zero attached hydrogens (tertiary/aromatic N) is 1. The van der Waals surface area contributed by atoms with Gasteiger partial charge in [-0.25, -0.2) is 4.39 Å². The smallest absolute Gasteiger partial charge is 0.253 e. The Morgan fingerprint density at radius 2 is 1.83 bits per heavy atom. The highest BCUT2D eigenvalue weighted by molar-refractivity contribution is 5.94. The molecule has 4 atom stereocenters. The largest absolute Gasteiger partial charge is 0.355 e. The van der Waals surface area contributed by atoms with E-state index in [0.29, 0.717) is 18.9 Å². The average molecular weight is 412 g/mol. The normalized spacial score (nSPS) is 21.2. The van der Waals surface area contributed by atoms with Crippen LogP contribution in [0.2, 0.25) is 0 Å². The van der Waals surface area contributed by atoms with Gasteiger partial charge in [0.1, 0.15) is 5.82 Å². The number of nitrogens with one attached hydrogen (secondary N) is 2. The van der Waals surface area contributed by atoms with Crippen LogP contribution >= 0.6 is 0 Å². The van der Waals surface area contributed by atoms with Crippen molar-refractivity contribution in [3.8, 4) is 0 Å². The van der Waals surface area contributed by atoms with Crippen LogP contribution in [-0.4, -0.2) is 50.4 Å². The minimum atomic E-state index is -0.536. The molecule has 1 fully saturated rings. The van der Waals surface area contributed by atoms with E-state index >= 15 is 0 Å². The summed E-state index contributed by atoms with van der Waals surface area (Å²) in [6.07, 6.45) is 0.570. The van der Waals surface area contributed by atoms with Crippen LogP contribution in [0.3, 0.4) is 0 Å². The zero-order valence-corrected chi connectivity index (χ0v) is 18.0. The van der Waals surface area contributed by atoms with E-state index in [9.17, 15) is 14.0 Å². The first kappa shape index (κ1) is 22.0. The number of carbonyl (C=O) groups is 2. The Labute approximate surface area is 177 Å². The van der Waals surface area contributed by atoms with E-state index in [4.69, 9.17) is 0 Å². The molecule has 2 aromatic rings. The number of benzene rings is 2. The Bertz CT molecular complexity index is 901. The maximum Gasteiger partial charge on any atom is 0.253 e. The lowest BCUT2D eigenvalue weighted by Crippen LogP contribution is -2.42. The second-order valence-corrected chi connectivity index (χ2v) is 8.28. The molecule has 0 radical (unpaired) electrons. The number of hydrogen-bond acceptors (Lipinski definition) is 3. The van der Waals surface area contributed by atoms with E-state index in [0.717, 1.165) is 5.56 Å². The van der Waals surface area contributed by atoms with Crippen LogP contribution < -0.4 is 10.6 Å². The lowest BCUT2D eigenvalue weighted by atomic mass is 10.0. The number of rotatable bonds is 8. The predicted molar refractivity (Wildman–Crippen MR) is 116 cm³/mol. The molecular formula is C24H30FN3O2. The van der Waals surface area contributed by atoms with Crippen molar-refractivity contribution in [2.45, 2.75) is 25.3 Å². The molecule has 5 nitrogen and oxygen atoms in total. The summed E-state index contributed by atoms with van der Waals surface area (Å²) in [7, 11) is 5.36. The third-order valence-electron chi connectivity index (χ3n) is 6.08. The monoisotopic (exact) mass is 411 g/mol. The highest BCUT2D eigenvalue weighted by atomic mass is 19.1. The van der Waals surface area contributed by atoms with Gasteiger partial charge >= 0.3 is 0 Å². The molecule has 6 heteroatoms. The van der Waals surface area contributed by atoms with Gasteiger partial charge in [-0.05, 0) is 55.6 Å². The van der Waals surface area contributed by atoms with Gasteiger partial charge in [-0.2, -0.15) is 0 Å². The molecule has 1 saturated carbocycles. The summed E-state index contributed by atoms with van der Waals surface area (Å²) < 4.78 is 14.3. The topological polar surface area (TPSA) is 61.4 Å². The fraction of sp³-hybridized carbons (Fsp3) is 0.417. The lowest BCUT2D eigenvalue weighted by Gasteiger charge is -2.25. The van der Waals surface area contributed by atoms with Crippen molar-refractivity contribution >= 4 is 11.8 Å². The fourth-order valence-electron chi connectivity index (χ4n) is 4.10. The molecule has 0 spiro atoms. The van der Waals surface area contributed by atoms with E-state index in [2.05, 4.69) is 29.7 Å². The summed E-state index contributed by atoms with van der Waals surface area (Å²) in [6.45, 7) is 2.59. The number of carbonyl (C=O) groups excluding carboxylic acids is 2. The first-order chi connectivity index (χ1) is 14.3. The minimum Gasteiger partial charge on any atom is -0.355 e. The van der Waals surface area contributed by atoms with Crippen LogP contribution in [-0.2, 0) is 11.2 Å². The average Bonchev–Trinajstić information content (AvgIpc) is 3.41. The maximum absolute atomic E-state index is 14.3. The van der Waals surface area contributed by atoms with Crippen molar-refractivity contribution in [3.63, 3.8) is 0 Å².